The van der Waals surface area contributed by atoms with E-state index in [9.17, 15) is 14.8 Å². The number of aliphatic carboxylic acids is 1. The van der Waals surface area contributed by atoms with E-state index in [1.807, 2.05) is 46.7 Å². The summed E-state index contributed by atoms with van der Waals surface area (Å²) < 4.78 is 0. The number of hydrogen-bond donors (Lipinski definition) is 2. The Kier molecular flexibility index (Phi) is 7.16. The van der Waals surface area contributed by atoms with Crippen molar-refractivity contribution < 1.29 is 19.9 Å². The smallest absolute Gasteiger partial charge is 0.305 e. The average Bonchev–Trinajstić information content (AvgIpc) is 2.34. The molecule has 6 heteroatoms. The lowest BCUT2D eigenvalue weighted by molar-refractivity contribution is -0.178. The van der Waals surface area contributed by atoms with E-state index in [1.165, 1.54) is 0 Å². The van der Waals surface area contributed by atoms with Crippen molar-refractivity contribution in [3.05, 3.63) is 0 Å². The third kappa shape index (κ3) is 4.45. The van der Waals surface area contributed by atoms with Crippen LogP contribution >= 0.6 is 0 Å². The Hall–Kier alpha value is -1.14. The molecule has 118 valence electrons. The number of carboxylic acids is 1. The van der Waals surface area contributed by atoms with Crippen molar-refractivity contribution in [3.8, 4) is 0 Å². The number of amides is 1. The fourth-order valence-corrected chi connectivity index (χ4v) is 2.56. The molecule has 0 spiro atoms. The maximum atomic E-state index is 12.5. The molecule has 0 aromatic carbocycles. The van der Waals surface area contributed by atoms with Crippen LogP contribution < -0.4 is 0 Å². The van der Waals surface area contributed by atoms with Crippen LogP contribution in [0.4, 0.5) is 0 Å². The average molecular weight is 288 g/mol. The minimum absolute atomic E-state index is 0.0364. The van der Waals surface area contributed by atoms with Crippen LogP contribution in [0.1, 0.15) is 40.5 Å². The lowest BCUT2D eigenvalue weighted by Crippen LogP contribution is -2.55. The van der Waals surface area contributed by atoms with Crippen molar-refractivity contribution >= 4 is 11.9 Å². The van der Waals surface area contributed by atoms with Gasteiger partial charge in [0.2, 0.25) is 0 Å². The van der Waals surface area contributed by atoms with Crippen molar-refractivity contribution in [1.82, 2.24) is 9.96 Å². The first-order valence-electron chi connectivity index (χ1n) is 6.97. The third-order valence-corrected chi connectivity index (χ3v) is 4.13. The highest BCUT2D eigenvalue weighted by Crippen LogP contribution is 2.33. The predicted molar refractivity (Wildman–Crippen MR) is 76.5 cm³/mol. The summed E-state index contributed by atoms with van der Waals surface area (Å²) in [6.07, 6.45) is 0.485. The topological polar surface area (TPSA) is 81.1 Å². The van der Waals surface area contributed by atoms with Crippen molar-refractivity contribution in [2.45, 2.75) is 46.1 Å². The molecule has 2 N–H and O–H groups in total. The molecule has 0 heterocycles. The van der Waals surface area contributed by atoms with Gasteiger partial charge in [-0.3, -0.25) is 14.8 Å². The molecule has 2 unspecified atom stereocenters. The molecule has 2 atom stereocenters. The molecule has 0 radical (unpaired) electrons. The summed E-state index contributed by atoms with van der Waals surface area (Å²) in [5.41, 5.74) is -0.393. The normalized spacial score (nSPS) is 16.1. The Morgan fingerprint density at radius 3 is 2.05 bits per heavy atom. The maximum absolute atomic E-state index is 12.5. The second kappa shape index (κ2) is 7.59. The number of hydroxylamine groups is 2. The zero-order valence-electron chi connectivity index (χ0n) is 13.4. The van der Waals surface area contributed by atoms with Crippen LogP contribution in [-0.2, 0) is 9.59 Å². The zero-order valence-corrected chi connectivity index (χ0v) is 13.4. The van der Waals surface area contributed by atoms with Crippen LogP contribution in [0.5, 0.6) is 0 Å². The molecule has 0 aromatic heterocycles. The Morgan fingerprint density at radius 2 is 1.75 bits per heavy atom. The monoisotopic (exact) mass is 288 g/mol. The quantitative estimate of drug-likeness (QED) is 0.524. The highest BCUT2D eigenvalue weighted by molar-refractivity contribution is 5.80. The van der Waals surface area contributed by atoms with Crippen molar-refractivity contribution in [2.24, 2.45) is 11.8 Å². The summed E-state index contributed by atoms with van der Waals surface area (Å²) in [6.45, 7) is 7.67. The number of hydrogen-bond acceptors (Lipinski definition) is 4. The van der Waals surface area contributed by atoms with Crippen LogP contribution in [0, 0.1) is 11.8 Å². The third-order valence-electron chi connectivity index (χ3n) is 4.13. The summed E-state index contributed by atoms with van der Waals surface area (Å²) in [4.78, 5) is 25.0. The van der Waals surface area contributed by atoms with Crippen LogP contribution in [0.2, 0.25) is 0 Å². The molecular weight excluding hydrogens is 260 g/mol. The Bertz CT molecular complexity index is 344. The van der Waals surface area contributed by atoms with Gasteiger partial charge >= 0.3 is 5.97 Å². The standard InChI is InChI=1S/C14H28N2O4/c1-7-14(4,15(5)6)12(10(2)3)13(19)16(20)9-8-11(17)18/h10,12,20H,7-9H2,1-6H3,(H,17,18). The first-order valence-corrected chi connectivity index (χ1v) is 6.97. The fraction of sp³-hybridized carbons (Fsp3) is 0.857. The molecule has 0 aromatic rings. The maximum Gasteiger partial charge on any atom is 0.305 e. The number of carboxylic acid groups (broad SMARTS) is 1. The fourth-order valence-electron chi connectivity index (χ4n) is 2.56. The molecule has 20 heavy (non-hydrogen) atoms. The Labute approximate surface area is 121 Å². The molecule has 0 bridgehead atoms. The highest BCUT2D eigenvalue weighted by atomic mass is 16.5. The van der Waals surface area contributed by atoms with Gasteiger partial charge in [-0.1, -0.05) is 20.8 Å². The second-order valence-corrected chi connectivity index (χ2v) is 5.93. The first-order chi connectivity index (χ1) is 9.07. The van der Waals surface area contributed by atoms with Crippen molar-refractivity contribution in [2.75, 3.05) is 20.6 Å². The van der Waals surface area contributed by atoms with Gasteiger partial charge < -0.3 is 10.0 Å². The zero-order chi connectivity index (χ0) is 16.1. The first kappa shape index (κ1) is 18.9. The van der Waals surface area contributed by atoms with Crippen molar-refractivity contribution in [3.63, 3.8) is 0 Å². The summed E-state index contributed by atoms with van der Waals surface area (Å²) in [6, 6.07) is 0. The van der Waals surface area contributed by atoms with E-state index in [4.69, 9.17) is 5.11 Å². The lowest BCUT2D eigenvalue weighted by atomic mass is 9.75. The SMILES string of the molecule is CCC(C)(C(C(=O)N(O)CCC(=O)O)C(C)C)N(C)C. The second-order valence-electron chi connectivity index (χ2n) is 5.93. The number of nitrogens with zero attached hydrogens (tertiary/aromatic N) is 2. The molecule has 0 aliphatic carbocycles. The number of rotatable bonds is 8. The summed E-state index contributed by atoms with van der Waals surface area (Å²) in [7, 11) is 3.82. The molecule has 1 amide bonds. The van der Waals surface area contributed by atoms with E-state index in [-0.39, 0.29) is 18.9 Å². The summed E-state index contributed by atoms with van der Waals surface area (Å²) >= 11 is 0. The lowest BCUT2D eigenvalue weighted by Gasteiger charge is -2.44. The van der Waals surface area contributed by atoms with Crippen LogP contribution in [0.25, 0.3) is 0 Å². The highest BCUT2D eigenvalue weighted by Gasteiger charge is 2.43. The molecule has 0 saturated carbocycles. The predicted octanol–water partition coefficient (Wildman–Crippen LogP) is 1.68. The minimum Gasteiger partial charge on any atom is -0.481 e. The summed E-state index contributed by atoms with van der Waals surface area (Å²) in [5.74, 6) is -1.82. The van der Waals surface area contributed by atoms with E-state index in [2.05, 4.69) is 0 Å². The number of carbonyl (C=O) groups excluding carboxylic acids is 1. The van der Waals surface area contributed by atoms with Crippen LogP contribution in [0.15, 0.2) is 0 Å². The molecular formula is C14H28N2O4. The van der Waals surface area contributed by atoms with Gasteiger partial charge in [-0.2, -0.15) is 0 Å². The van der Waals surface area contributed by atoms with Gasteiger partial charge in [0, 0.05) is 5.54 Å². The summed E-state index contributed by atoms with van der Waals surface area (Å²) in [5, 5.41) is 19.0. The molecule has 0 aliphatic rings. The Balaban J connectivity index is 5.18. The van der Waals surface area contributed by atoms with Gasteiger partial charge in [-0.25, -0.2) is 5.06 Å². The molecule has 0 saturated heterocycles. The molecule has 0 rings (SSSR count). The van der Waals surface area contributed by atoms with E-state index in [0.29, 0.717) is 5.06 Å². The van der Waals surface area contributed by atoms with Crippen molar-refractivity contribution in [1.29, 1.82) is 0 Å². The Morgan fingerprint density at radius 1 is 1.25 bits per heavy atom. The number of carbonyl (C=O) groups is 2. The molecule has 6 nitrogen and oxygen atoms in total. The van der Waals surface area contributed by atoms with E-state index < -0.39 is 23.3 Å². The molecule has 0 aliphatic heterocycles. The van der Waals surface area contributed by atoms with Gasteiger partial charge in [-0.15, -0.1) is 0 Å². The van der Waals surface area contributed by atoms with Gasteiger partial charge in [0.1, 0.15) is 0 Å². The van der Waals surface area contributed by atoms with E-state index in [0.717, 1.165) is 6.42 Å². The van der Waals surface area contributed by atoms with Gasteiger partial charge in [-0.05, 0) is 33.4 Å². The minimum atomic E-state index is -1.04. The molecule has 0 fully saturated rings. The van der Waals surface area contributed by atoms with Gasteiger partial charge in [0.15, 0.2) is 0 Å². The van der Waals surface area contributed by atoms with Gasteiger partial charge in [0.05, 0.1) is 18.9 Å². The van der Waals surface area contributed by atoms with Crippen LogP contribution in [0.3, 0.4) is 0 Å². The van der Waals surface area contributed by atoms with E-state index >= 15 is 0 Å². The van der Waals surface area contributed by atoms with Gasteiger partial charge in [0.25, 0.3) is 5.91 Å². The van der Waals surface area contributed by atoms with E-state index in [1.54, 1.807) is 0 Å². The largest absolute Gasteiger partial charge is 0.481 e. The van der Waals surface area contributed by atoms with Crippen LogP contribution in [-0.4, -0.2) is 58.3 Å².